The summed E-state index contributed by atoms with van der Waals surface area (Å²) in [5, 5.41) is 12.0. The molecule has 21 heavy (non-hydrogen) atoms. The molecule has 0 spiro atoms. The van der Waals surface area contributed by atoms with Gasteiger partial charge in [-0.25, -0.2) is 4.79 Å². The Balaban J connectivity index is 2.29. The lowest BCUT2D eigenvalue weighted by Crippen LogP contribution is -2.47. The lowest BCUT2D eigenvalue weighted by Gasteiger charge is -2.32. The maximum Gasteiger partial charge on any atom is 0.317 e. The minimum absolute atomic E-state index is 0.0533. The second-order valence-corrected chi connectivity index (χ2v) is 6.88. The number of nitrogens with one attached hydrogen (secondary N) is 1. The number of unbranched alkanes of at least 4 members (excludes halogenated alkanes) is 2. The monoisotopic (exact) mass is 298 g/mol. The van der Waals surface area contributed by atoms with Gasteiger partial charge >= 0.3 is 12.0 Å². The van der Waals surface area contributed by atoms with Crippen LogP contribution in [0.3, 0.4) is 0 Å². The molecular weight excluding hydrogens is 268 g/mol. The summed E-state index contributed by atoms with van der Waals surface area (Å²) in [5.74, 6) is -1.04. The summed E-state index contributed by atoms with van der Waals surface area (Å²) in [4.78, 5) is 24.8. The maximum atomic E-state index is 12.1. The van der Waals surface area contributed by atoms with E-state index >= 15 is 0 Å². The molecule has 2 N–H and O–H groups in total. The number of hydrogen-bond donors (Lipinski definition) is 2. The molecule has 0 atom stereocenters. The third-order valence-corrected chi connectivity index (χ3v) is 4.31. The molecule has 122 valence electrons. The van der Waals surface area contributed by atoms with E-state index in [9.17, 15) is 9.59 Å². The predicted octanol–water partition coefficient (Wildman–Crippen LogP) is 3.10. The summed E-state index contributed by atoms with van der Waals surface area (Å²) in [5.41, 5.74) is 0.115. The van der Waals surface area contributed by atoms with Crippen LogP contribution in [0, 0.1) is 11.3 Å². The zero-order valence-electron chi connectivity index (χ0n) is 13.7. The minimum atomic E-state index is -0.743. The fraction of sp³-hybridized carbons (Fsp3) is 0.875. The van der Waals surface area contributed by atoms with Gasteiger partial charge in [0.15, 0.2) is 0 Å². The van der Waals surface area contributed by atoms with Crippen LogP contribution in [0.1, 0.15) is 59.3 Å². The van der Waals surface area contributed by atoms with E-state index in [1.807, 2.05) is 0 Å². The van der Waals surface area contributed by atoms with Gasteiger partial charge in [-0.3, -0.25) is 4.79 Å². The third-order valence-electron chi connectivity index (χ3n) is 4.31. The second kappa shape index (κ2) is 8.25. The molecule has 5 nitrogen and oxygen atoms in total. The molecule has 0 unspecified atom stereocenters. The zero-order chi connectivity index (χ0) is 15.9. The van der Waals surface area contributed by atoms with Gasteiger partial charge in [-0.2, -0.15) is 0 Å². The van der Waals surface area contributed by atoms with Crippen LogP contribution >= 0.6 is 0 Å². The summed E-state index contributed by atoms with van der Waals surface area (Å²) in [7, 11) is 0. The summed E-state index contributed by atoms with van der Waals surface area (Å²) in [6.45, 7) is 8.31. The topological polar surface area (TPSA) is 69.6 Å². The summed E-state index contributed by atoms with van der Waals surface area (Å²) in [6, 6.07) is -0.0533. The number of carboxylic acids is 1. The van der Waals surface area contributed by atoms with Crippen LogP contribution in [-0.2, 0) is 4.79 Å². The molecule has 0 saturated carbocycles. The van der Waals surface area contributed by atoms with Crippen LogP contribution in [-0.4, -0.2) is 41.6 Å². The van der Waals surface area contributed by atoms with Crippen molar-refractivity contribution in [3.05, 3.63) is 0 Å². The number of nitrogens with zero attached hydrogens (tertiary/aromatic N) is 1. The van der Waals surface area contributed by atoms with Crippen LogP contribution < -0.4 is 5.32 Å². The average Bonchev–Trinajstić information content (AvgIpc) is 2.45. The van der Waals surface area contributed by atoms with Crippen molar-refractivity contribution in [2.24, 2.45) is 11.3 Å². The number of hydrogen-bond acceptors (Lipinski definition) is 2. The van der Waals surface area contributed by atoms with Crippen LogP contribution in [0.15, 0.2) is 0 Å². The van der Waals surface area contributed by atoms with E-state index in [0.717, 1.165) is 6.42 Å². The van der Waals surface area contributed by atoms with Crippen LogP contribution in [0.4, 0.5) is 4.79 Å². The van der Waals surface area contributed by atoms with E-state index in [2.05, 4.69) is 26.1 Å². The van der Waals surface area contributed by atoms with Gasteiger partial charge in [-0.15, -0.1) is 0 Å². The molecule has 1 aliphatic heterocycles. The molecule has 0 aromatic heterocycles. The molecule has 1 fully saturated rings. The number of amides is 2. The number of piperidine rings is 1. The number of carbonyl (C=O) groups is 2. The standard InChI is InChI=1S/C16H30N2O3/c1-4-5-6-9-16(2,3)12-17-15(21)18-10-7-13(8-11-18)14(19)20/h13H,4-12H2,1-3H3,(H,17,21)(H,19,20). The van der Waals surface area contributed by atoms with E-state index in [1.54, 1.807) is 4.90 Å². The highest BCUT2D eigenvalue weighted by Crippen LogP contribution is 2.23. The first kappa shape index (κ1) is 17.8. The van der Waals surface area contributed by atoms with Crippen molar-refractivity contribution >= 4 is 12.0 Å². The maximum absolute atomic E-state index is 12.1. The van der Waals surface area contributed by atoms with Gasteiger partial charge in [-0.05, 0) is 24.7 Å². The Morgan fingerprint density at radius 1 is 1.24 bits per heavy atom. The first-order chi connectivity index (χ1) is 9.85. The molecule has 0 aromatic rings. The van der Waals surface area contributed by atoms with E-state index in [4.69, 9.17) is 5.11 Å². The Kier molecular flexibility index (Phi) is 6.99. The van der Waals surface area contributed by atoms with Crippen LogP contribution in [0.25, 0.3) is 0 Å². The first-order valence-corrected chi connectivity index (χ1v) is 8.11. The highest BCUT2D eigenvalue weighted by molar-refractivity contribution is 5.75. The number of likely N-dealkylation sites (tertiary alicyclic amines) is 1. The van der Waals surface area contributed by atoms with Gasteiger partial charge in [0, 0.05) is 19.6 Å². The molecule has 1 rings (SSSR count). The number of carboxylic acid groups (broad SMARTS) is 1. The van der Waals surface area contributed by atoms with Gasteiger partial charge in [0.2, 0.25) is 0 Å². The van der Waals surface area contributed by atoms with Crippen LogP contribution in [0.5, 0.6) is 0 Å². The molecule has 0 radical (unpaired) electrons. The summed E-state index contributed by atoms with van der Waals surface area (Å²) in [6.07, 6.45) is 5.87. The molecule has 1 heterocycles. The Labute approximate surface area is 128 Å². The van der Waals surface area contributed by atoms with Crippen molar-refractivity contribution in [1.29, 1.82) is 0 Å². The lowest BCUT2D eigenvalue weighted by atomic mass is 9.87. The lowest BCUT2D eigenvalue weighted by molar-refractivity contribution is -0.143. The predicted molar refractivity (Wildman–Crippen MR) is 83.3 cm³/mol. The molecular formula is C16H30N2O3. The molecule has 5 heteroatoms. The van der Waals surface area contributed by atoms with Gasteiger partial charge in [0.05, 0.1) is 5.92 Å². The van der Waals surface area contributed by atoms with Crippen LogP contribution in [0.2, 0.25) is 0 Å². The molecule has 0 aromatic carbocycles. The molecule has 1 aliphatic rings. The number of carbonyl (C=O) groups excluding carboxylic acids is 1. The highest BCUT2D eigenvalue weighted by Gasteiger charge is 2.27. The number of urea groups is 1. The molecule has 0 bridgehead atoms. The fourth-order valence-corrected chi connectivity index (χ4v) is 2.70. The van der Waals surface area contributed by atoms with E-state index in [0.29, 0.717) is 32.5 Å². The zero-order valence-corrected chi connectivity index (χ0v) is 13.7. The number of aliphatic carboxylic acids is 1. The largest absolute Gasteiger partial charge is 0.481 e. The fourth-order valence-electron chi connectivity index (χ4n) is 2.70. The Bertz CT molecular complexity index is 347. The highest BCUT2D eigenvalue weighted by atomic mass is 16.4. The van der Waals surface area contributed by atoms with Gasteiger partial charge < -0.3 is 15.3 Å². The van der Waals surface area contributed by atoms with E-state index in [1.165, 1.54) is 19.3 Å². The smallest absolute Gasteiger partial charge is 0.317 e. The van der Waals surface area contributed by atoms with Crippen molar-refractivity contribution in [3.63, 3.8) is 0 Å². The normalized spacial score (nSPS) is 16.8. The van der Waals surface area contributed by atoms with Crippen molar-refractivity contribution in [2.75, 3.05) is 19.6 Å². The van der Waals surface area contributed by atoms with Crippen molar-refractivity contribution in [1.82, 2.24) is 10.2 Å². The van der Waals surface area contributed by atoms with Crippen molar-refractivity contribution < 1.29 is 14.7 Å². The number of rotatable bonds is 7. The molecule has 1 saturated heterocycles. The van der Waals surface area contributed by atoms with Gasteiger partial charge in [-0.1, -0.05) is 40.0 Å². The summed E-state index contributed by atoms with van der Waals surface area (Å²) < 4.78 is 0. The molecule has 2 amide bonds. The van der Waals surface area contributed by atoms with Gasteiger partial charge in [0.25, 0.3) is 0 Å². The third kappa shape index (κ3) is 6.36. The second-order valence-electron chi connectivity index (χ2n) is 6.88. The Morgan fingerprint density at radius 2 is 1.86 bits per heavy atom. The average molecular weight is 298 g/mol. The minimum Gasteiger partial charge on any atom is -0.481 e. The summed E-state index contributed by atoms with van der Waals surface area (Å²) >= 11 is 0. The molecule has 0 aliphatic carbocycles. The Hall–Kier alpha value is -1.26. The first-order valence-electron chi connectivity index (χ1n) is 8.11. The van der Waals surface area contributed by atoms with Crippen molar-refractivity contribution in [3.8, 4) is 0 Å². The quantitative estimate of drug-likeness (QED) is 0.710. The SMILES string of the molecule is CCCCCC(C)(C)CNC(=O)N1CCC(C(=O)O)CC1. The van der Waals surface area contributed by atoms with E-state index < -0.39 is 5.97 Å². The van der Waals surface area contributed by atoms with Crippen molar-refractivity contribution in [2.45, 2.75) is 59.3 Å². The van der Waals surface area contributed by atoms with Gasteiger partial charge in [0.1, 0.15) is 0 Å². The Morgan fingerprint density at radius 3 is 2.38 bits per heavy atom. The van der Waals surface area contributed by atoms with E-state index in [-0.39, 0.29) is 17.4 Å².